The molecule has 0 bridgehead atoms. The van der Waals surface area contributed by atoms with Crippen LogP contribution < -0.4 is 0 Å². The van der Waals surface area contributed by atoms with Crippen molar-refractivity contribution in [2.45, 2.75) is 25.5 Å². The number of hydrogen-bond acceptors (Lipinski definition) is 4. The zero-order valence-corrected chi connectivity index (χ0v) is 11.0. The van der Waals surface area contributed by atoms with E-state index in [0.717, 1.165) is 37.5 Å². The standard InChI is InChI=1S/C11H15N5OS/c1-15-5-4-9(14-15)10-12-13-11(18)16(10)7-8-3-2-6-17-8/h4-5,8H,2-3,6-7H2,1H3,(H,13,18)/t8-/m0/s1. The lowest BCUT2D eigenvalue weighted by atomic mass is 10.2. The van der Waals surface area contributed by atoms with Crippen molar-refractivity contribution >= 4 is 12.2 Å². The molecular weight excluding hydrogens is 250 g/mol. The molecule has 1 N–H and O–H groups in total. The highest BCUT2D eigenvalue weighted by molar-refractivity contribution is 7.71. The van der Waals surface area contributed by atoms with Crippen LogP contribution in [0.4, 0.5) is 0 Å². The lowest BCUT2D eigenvalue weighted by Gasteiger charge is -2.11. The van der Waals surface area contributed by atoms with Crippen LogP contribution in [-0.2, 0) is 18.3 Å². The fourth-order valence-electron chi connectivity index (χ4n) is 2.21. The Morgan fingerprint density at radius 3 is 3.17 bits per heavy atom. The molecule has 0 spiro atoms. The first-order chi connectivity index (χ1) is 8.74. The predicted molar refractivity (Wildman–Crippen MR) is 68.6 cm³/mol. The van der Waals surface area contributed by atoms with E-state index in [1.54, 1.807) is 4.68 Å². The Morgan fingerprint density at radius 1 is 1.61 bits per heavy atom. The second-order valence-electron chi connectivity index (χ2n) is 4.47. The molecule has 0 aromatic carbocycles. The van der Waals surface area contributed by atoms with Gasteiger partial charge in [0.1, 0.15) is 5.69 Å². The SMILES string of the molecule is Cn1ccc(-c2n[nH]c(=S)n2C[C@@H]2CCCO2)n1. The Kier molecular flexibility index (Phi) is 3.00. The van der Waals surface area contributed by atoms with Crippen LogP contribution >= 0.6 is 12.2 Å². The van der Waals surface area contributed by atoms with Crippen molar-refractivity contribution in [1.29, 1.82) is 0 Å². The molecule has 2 aromatic rings. The van der Waals surface area contributed by atoms with E-state index in [1.807, 2.05) is 23.9 Å². The summed E-state index contributed by atoms with van der Waals surface area (Å²) in [6.45, 7) is 1.58. The van der Waals surface area contributed by atoms with Crippen molar-refractivity contribution in [2.24, 2.45) is 7.05 Å². The van der Waals surface area contributed by atoms with Gasteiger partial charge in [-0.05, 0) is 31.1 Å². The van der Waals surface area contributed by atoms with Crippen molar-refractivity contribution in [3.8, 4) is 11.5 Å². The van der Waals surface area contributed by atoms with Gasteiger partial charge in [0.05, 0.1) is 12.6 Å². The molecule has 18 heavy (non-hydrogen) atoms. The van der Waals surface area contributed by atoms with Gasteiger partial charge in [-0.15, -0.1) is 0 Å². The Balaban J connectivity index is 1.93. The first kappa shape index (κ1) is 11.6. The number of nitrogens with one attached hydrogen (secondary N) is 1. The molecule has 1 aliphatic rings. The number of rotatable bonds is 3. The lowest BCUT2D eigenvalue weighted by molar-refractivity contribution is 0.0969. The van der Waals surface area contributed by atoms with Gasteiger partial charge in [-0.25, -0.2) is 0 Å². The van der Waals surface area contributed by atoms with E-state index in [4.69, 9.17) is 17.0 Å². The third-order valence-electron chi connectivity index (χ3n) is 3.11. The molecule has 0 radical (unpaired) electrons. The third kappa shape index (κ3) is 2.11. The molecule has 2 aromatic heterocycles. The summed E-state index contributed by atoms with van der Waals surface area (Å²) in [4.78, 5) is 0. The molecule has 1 fully saturated rings. The molecule has 1 saturated heterocycles. The van der Waals surface area contributed by atoms with Crippen LogP contribution in [0.1, 0.15) is 12.8 Å². The predicted octanol–water partition coefficient (Wildman–Crippen LogP) is 1.52. The highest BCUT2D eigenvalue weighted by Crippen LogP contribution is 2.19. The van der Waals surface area contributed by atoms with E-state index in [1.165, 1.54) is 0 Å². The van der Waals surface area contributed by atoms with Gasteiger partial charge >= 0.3 is 0 Å². The van der Waals surface area contributed by atoms with Crippen LogP contribution in [0.3, 0.4) is 0 Å². The maximum Gasteiger partial charge on any atom is 0.195 e. The zero-order chi connectivity index (χ0) is 12.5. The highest BCUT2D eigenvalue weighted by Gasteiger charge is 2.19. The second-order valence-corrected chi connectivity index (χ2v) is 4.86. The third-order valence-corrected chi connectivity index (χ3v) is 3.42. The van der Waals surface area contributed by atoms with Gasteiger partial charge in [0.25, 0.3) is 0 Å². The molecule has 0 saturated carbocycles. The summed E-state index contributed by atoms with van der Waals surface area (Å²) in [5.74, 6) is 0.774. The Labute approximate surface area is 110 Å². The van der Waals surface area contributed by atoms with E-state index in [0.29, 0.717) is 4.77 Å². The number of nitrogens with zero attached hydrogens (tertiary/aromatic N) is 4. The molecule has 0 amide bonds. The fraction of sp³-hybridized carbons (Fsp3) is 0.545. The summed E-state index contributed by atoms with van der Waals surface area (Å²) >= 11 is 5.27. The van der Waals surface area contributed by atoms with Gasteiger partial charge in [0.15, 0.2) is 10.6 Å². The van der Waals surface area contributed by atoms with E-state index in [9.17, 15) is 0 Å². The minimum atomic E-state index is 0.233. The number of ether oxygens (including phenoxy) is 1. The monoisotopic (exact) mass is 265 g/mol. The average Bonchev–Trinajstić information content (AvgIpc) is 3.04. The molecule has 0 aliphatic carbocycles. The number of hydrogen-bond donors (Lipinski definition) is 1. The molecule has 6 nitrogen and oxygen atoms in total. The molecule has 7 heteroatoms. The molecular formula is C11H15N5OS. The Morgan fingerprint density at radius 2 is 2.50 bits per heavy atom. The topological polar surface area (TPSA) is 60.7 Å². The van der Waals surface area contributed by atoms with Crippen molar-refractivity contribution in [2.75, 3.05) is 6.61 Å². The van der Waals surface area contributed by atoms with Crippen molar-refractivity contribution in [1.82, 2.24) is 24.5 Å². The quantitative estimate of drug-likeness (QED) is 0.855. The van der Waals surface area contributed by atoms with Crippen LogP contribution in [0.25, 0.3) is 11.5 Å². The number of aromatic nitrogens is 5. The summed E-state index contributed by atoms with van der Waals surface area (Å²) < 4.78 is 9.98. The summed E-state index contributed by atoms with van der Waals surface area (Å²) in [5.41, 5.74) is 0.822. The molecule has 3 rings (SSSR count). The summed E-state index contributed by atoms with van der Waals surface area (Å²) in [5, 5.41) is 11.4. The molecule has 1 aliphatic heterocycles. The summed E-state index contributed by atoms with van der Waals surface area (Å²) in [6.07, 6.45) is 4.32. The maximum absolute atomic E-state index is 5.64. The lowest BCUT2D eigenvalue weighted by Crippen LogP contribution is -2.16. The largest absolute Gasteiger partial charge is 0.376 e. The van der Waals surface area contributed by atoms with Gasteiger partial charge in [-0.3, -0.25) is 14.3 Å². The van der Waals surface area contributed by atoms with Gasteiger partial charge in [-0.2, -0.15) is 10.2 Å². The van der Waals surface area contributed by atoms with Gasteiger partial charge in [0, 0.05) is 19.9 Å². The van der Waals surface area contributed by atoms with E-state index in [2.05, 4.69) is 15.3 Å². The first-order valence-electron chi connectivity index (χ1n) is 6.01. The average molecular weight is 265 g/mol. The van der Waals surface area contributed by atoms with Crippen molar-refractivity contribution in [3.63, 3.8) is 0 Å². The van der Waals surface area contributed by atoms with Crippen LogP contribution in [0, 0.1) is 4.77 Å². The maximum atomic E-state index is 5.64. The molecule has 96 valence electrons. The minimum Gasteiger partial charge on any atom is -0.376 e. The zero-order valence-electron chi connectivity index (χ0n) is 10.2. The van der Waals surface area contributed by atoms with Gasteiger partial charge in [-0.1, -0.05) is 0 Å². The van der Waals surface area contributed by atoms with Crippen molar-refractivity contribution < 1.29 is 4.74 Å². The van der Waals surface area contributed by atoms with Gasteiger partial charge < -0.3 is 4.74 Å². The van der Waals surface area contributed by atoms with Crippen LogP contribution in [0.2, 0.25) is 0 Å². The number of aryl methyl sites for hydroxylation is 1. The molecule has 0 unspecified atom stereocenters. The highest BCUT2D eigenvalue weighted by atomic mass is 32.1. The minimum absolute atomic E-state index is 0.233. The summed E-state index contributed by atoms with van der Waals surface area (Å²) in [6, 6.07) is 1.93. The smallest absolute Gasteiger partial charge is 0.195 e. The van der Waals surface area contributed by atoms with Crippen LogP contribution in [-0.4, -0.2) is 37.3 Å². The first-order valence-corrected chi connectivity index (χ1v) is 6.41. The number of H-pyrrole nitrogens is 1. The normalized spacial score (nSPS) is 19.5. The van der Waals surface area contributed by atoms with E-state index in [-0.39, 0.29) is 6.10 Å². The molecule has 3 heterocycles. The van der Waals surface area contributed by atoms with Crippen molar-refractivity contribution in [3.05, 3.63) is 17.0 Å². The van der Waals surface area contributed by atoms with Crippen LogP contribution in [0.15, 0.2) is 12.3 Å². The number of aromatic amines is 1. The van der Waals surface area contributed by atoms with E-state index >= 15 is 0 Å². The van der Waals surface area contributed by atoms with E-state index < -0.39 is 0 Å². The van der Waals surface area contributed by atoms with Crippen LogP contribution in [0.5, 0.6) is 0 Å². The molecule has 1 atom stereocenters. The Hall–Kier alpha value is -1.47. The summed E-state index contributed by atoms with van der Waals surface area (Å²) in [7, 11) is 1.88. The fourth-order valence-corrected chi connectivity index (χ4v) is 2.42. The second kappa shape index (κ2) is 4.66. The Bertz CT molecular complexity index is 593. The van der Waals surface area contributed by atoms with Gasteiger partial charge in [0.2, 0.25) is 0 Å².